The fraction of sp³-hybridized carbons (Fsp3) is 0.534. The normalized spacial score (nSPS) is 39.3. The number of benzene rings is 4. The molecule has 16 unspecified atom stereocenters. The number of carbonyl (C=O) groups excluding carboxylic acids is 6. The van der Waals surface area contributed by atoms with E-state index in [1.807, 2.05) is 62.4 Å². The molecule has 16 atom stereocenters. The number of halogens is 2. The van der Waals surface area contributed by atoms with Crippen molar-refractivity contribution in [2.45, 2.75) is 172 Å². The summed E-state index contributed by atoms with van der Waals surface area (Å²) in [4.78, 5) is 85.5. The molecule has 0 radical (unpaired) electrons. The molecule has 18 heteroatoms. The number of carbonyl (C=O) groups is 6. The van der Waals surface area contributed by atoms with Gasteiger partial charge in [0, 0.05) is 51.0 Å². The van der Waals surface area contributed by atoms with E-state index in [4.69, 9.17) is 37.9 Å². The first-order valence-electron chi connectivity index (χ1n) is 31.9. The molecular formula is C73H78F2O16. The van der Waals surface area contributed by atoms with Gasteiger partial charge in [-0.2, -0.15) is 0 Å². The summed E-state index contributed by atoms with van der Waals surface area (Å²) in [5, 5.41) is 27.0. The van der Waals surface area contributed by atoms with Crippen molar-refractivity contribution in [3.05, 3.63) is 131 Å². The predicted octanol–water partition coefficient (Wildman–Crippen LogP) is 10.8. The Morgan fingerprint density at radius 3 is 1.34 bits per heavy atom. The third-order valence-corrected chi connectivity index (χ3v) is 24.2. The number of alkyl halides is 2. The Morgan fingerprint density at radius 2 is 0.956 bits per heavy atom. The number of Topliss-reactive ketones (excluding diaryl/α,β-unsaturated/α-hetero) is 2. The molecule has 2 saturated heterocycles. The van der Waals surface area contributed by atoms with Gasteiger partial charge in [-0.25, -0.2) is 18.4 Å². The minimum Gasteiger partial charge on any atom is -0.496 e. The quantitative estimate of drug-likeness (QED) is 0.126. The van der Waals surface area contributed by atoms with Crippen molar-refractivity contribution in [2.75, 3.05) is 27.4 Å². The van der Waals surface area contributed by atoms with Gasteiger partial charge in [-0.15, -0.1) is 0 Å². The average molecular weight is 1250 g/mol. The number of hydrogen-bond donors (Lipinski definition) is 2. The van der Waals surface area contributed by atoms with E-state index in [-0.39, 0.29) is 66.3 Å². The summed E-state index contributed by atoms with van der Waals surface area (Å²) in [6.45, 7) is 12.4. The van der Waals surface area contributed by atoms with Gasteiger partial charge in [0.15, 0.2) is 58.9 Å². The molecule has 10 aliphatic rings. The van der Waals surface area contributed by atoms with Crippen LogP contribution in [0.15, 0.2) is 108 Å². The van der Waals surface area contributed by atoms with Crippen LogP contribution in [0.25, 0.3) is 21.5 Å². The molecule has 2 aliphatic heterocycles. The lowest BCUT2D eigenvalue weighted by Gasteiger charge is -2.62. The van der Waals surface area contributed by atoms with E-state index in [0.29, 0.717) is 69.5 Å². The maximum atomic E-state index is 18.2. The highest BCUT2D eigenvalue weighted by Gasteiger charge is 2.82. The van der Waals surface area contributed by atoms with Gasteiger partial charge in [-0.05, 0) is 163 Å². The van der Waals surface area contributed by atoms with Crippen molar-refractivity contribution in [3.63, 3.8) is 0 Å². The maximum Gasteiger partial charge on any atom is 0.342 e. The summed E-state index contributed by atoms with van der Waals surface area (Å²) in [7, 11) is 2.82. The first-order valence-corrected chi connectivity index (χ1v) is 31.9. The van der Waals surface area contributed by atoms with Crippen molar-refractivity contribution in [1.82, 2.24) is 0 Å². The van der Waals surface area contributed by atoms with Crippen LogP contribution in [-0.2, 0) is 54.0 Å². The minimum absolute atomic E-state index is 0.00691. The van der Waals surface area contributed by atoms with Crippen molar-refractivity contribution < 1.29 is 85.7 Å². The molecule has 2 heterocycles. The topological polar surface area (TPSA) is 217 Å². The molecule has 0 spiro atoms. The lowest BCUT2D eigenvalue weighted by atomic mass is 9.44. The van der Waals surface area contributed by atoms with Crippen LogP contribution >= 0.6 is 0 Å². The highest BCUT2D eigenvalue weighted by Crippen LogP contribution is 2.74. The summed E-state index contributed by atoms with van der Waals surface area (Å²) in [6, 6.07) is 17.9. The van der Waals surface area contributed by atoms with Crippen LogP contribution in [0.1, 0.15) is 139 Å². The van der Waals surface area contributed by atoms with E-state index in [1.165, 1.54) is 38.5 Å². The second kappa shape index (κ2) is 20.4. The molecule has 0 bridgehead atoms. The Kier molecular flexibility index (Phi) is 13.8. The summed E-state index contributed by atoms with van der Waals surface area (Å²) in [5.74, 6) is -8.32. The molecule has 6 saturated carbocycles. The summed E-state index contributed by atoms with van der Waals surface area (Å²) in [6.07, 6.45) is 5.54. The van der Waals surface area contributed by atoms with Crippen LogP contribution in [0.3, 0.4) is 0 Å². The summed E-state index contributed by atoms with van der Waals surface area (Å²) >= 11 is 0. The maximum absolute atomic E-state index is 18.2. The van der Waals surface area contributed by atoms with E-state index in [0.717, 1.165) is 0 Å². The van der Waals surface area contributed by atoms with Gasteiger partial charge in [0.1, 0.15) is 22.6 Å². The number of aliphatic hydroxyl groups excluding tert-OH is 2. The molecular weight excluding hydrogens is 1170 g/mol. The molecule has 2 N–H and O–H groups in total. The first-order chi connectivity index (χ1) is 42.9. The molecule has 4 aromatic carbocycles. The molecule has 480 valence electrons. The van der Waals surface area contributed by atoms with Gasteiger partial charge in [0.25, 0.3) is 0 Å². The van der Waals surface area contributed by atoms with Crippen LogP contribution in [0.4, 0.5) is 8.78 Å². The highest BCUT2D eigenvalue weighted by atomic mass is 19.1. The predicted molar refractivity (Wildman–Crippen MR) is 327 cm³/mol. The Morgan fingerprint density at radius 1 is 0.571 bits per heavy atom. The van der Waals surface area contributed by atoms with Crippen molar-refractivity contribution in [3.8, 4) is 11.5 Å². The van der Waals surface area contributed by atoms with Crippen molar-refractivity contribution >= 4 is 56.6 Å². The third-order valence-electron chi connectivity index (χ3n) is 24.2. The zero-order valence-corrected chi connectivity index (χ0v) is 53.0. The first kappa shape index (κ1) is 61.7. The van der Waals surface area contributed by atoms with Gasteiger partial charge in [0.2, 0.25) is 11.6 Å². The minimum atomic E-state index is -2.18. The number of rotatable bonds is 12. The highest BCUT2D eigenvalue weighted by molar-refractivity contribution is 6.05. The fourth-order valence-electron chi connectivity index (χ4n) is 20.4. The molecule has 14 rings (SSSR count). The monoisotopic (exact) mass is 1250 g/mol. The van der Waals surface area contributed by atoms with Crippen LogP contribution in [0.5, 0.6) is 11.5 Å². The van der Waals surface area contributed by atoms with Crippen LogP contribution in [-0.4, -0.2) is 131 Å². The zero-order valence-electron chi connectivity index (χ0n) is 53.0. The lowest BCUT2D eigenvalue weighted by Crippen LogP contribution is -2.70. The smallest absolute Gasteiger partial charge is 0.342 e. The van der Waals surface area contributed by atoms with Crippen LogP contribution < -0.4 is 9.47 Å². The SMILES string of the molecule is COc1c(C(=O)OCC(=O)C23OC(C)(C)OC2CC2C4CCC5=CC(=O)C=CC5(C)C4(F)C(O)CC23C)cc2ccccc2c1Cc1c(OC)c(C(=O)OCC(=O)C23OC(C)(C)OC2CC2C4CCC5=CC(=O)C=CC5(C)C4(F)C(O)CC23C)cc2ccccc12. The van der Waals surface area contributed by atoms with Gasteiger partial charge >= 0.3 is 11.9 Å². The standard InChI is InChI=1S/C73H78F2O16/c1-64(2)88-58-32-52-50-21-19-40-29-42(76)23-25-66(40,5)70(50,74)54(78)34-68(52,7)72(58,90-64)56(80)36-86-62(82)48-27-38-15-11-13-17-44(38)46(60(48)84-9)31-47-45-18-14-12-16-39(45)28-49(61(47)85-10)63(83)87-37-57(81)73-59(89-65(3,4)91-73)33-53-51-22-20-41-30-43(77)24-26-67(41,6)71(51,75)55(79)35-69(53,73)8/h11-18,23-30,50-55,58-59,78-79H,19-22,31-37H2,1-10H3. The van der Waals surface area contributed by atoms with E-state index in [9.17, 15) is 29.4 Å². The molecule has 8 aliphatic carbocycles. The number of ether oxygens (including phenoxy) is 8. The second-order valence-electron chi connectivity index (χ2n) is 29.2. The number of ketones is 4. The van der Waals surface area contributed by atoms with E-state index in [2.05, 4.69) is 0 Å². The molecule has 0 aromatic heterocycles. The molecule has 16 nitrogen and oxygen atoms in total. The Bertz CT molecular complexity index is 3760. The van der Waals surface area contributed by atoms with Crippen molar-refractivity contribution in [1.29, 1.82) is 0 Å². The molecule has 8 fully saturated rings. The zero-order chi connectivity index (χ0) is 64.8. The van der Waals surface area contributed by atoms with Crippen molar-refractivity contribution in [2.24, 2.45) is 45.3 Å². The Labute approximate surface area is 526 Å². The van der Waals surface area contributed by atoms with Crippen LogP contribution in [0, 0.1) is 45.3 Å². The van der Waals surface area contributed by atoms with Gasteiger partial charge < -0.3 is 48.1 Å². The number of esters is 2. The molecule has 91 heavy (non-hydrogen) atoms. The molecule has 4 aromatic rings. The van der Waals surface area contributed by atoms with E-state index >= 15 is 18.4 Å². The summed E-state index contributed by atoms with van der Waals surface area (Å²) < 4.78 is 87.5. The largest absolute Gasteiger partial charge is 0.496 e. The number of aliphatic hydroxyl groups is 2. The number of fused-ring (bicyclic) bond motifs is 16. The second-order valence-corrected chi connectivity index (χ2v) is 29.2. The van der Waals surface area contributed by atoms with Gasteiger partial charge in [-0.1, -0.05) is 85.7 Å². The number of methoxy groups -OCH3 is 2. The average Bonchev–Trinajstić information content (AvgIpc) is 1.57. The number of hydrogen-bond acceptors (Lipinski definition) is 16. The fourth-order valence-corrected chi connectivity index (χ4v) is 20.4. The molecule has 0 amide bonds. The number of allylic oxidation sites excluding steroid dienone is 8. The Hall–Kier alpha value is -6.80. The summed E-state index contributed by atoms with van der Waals surface area (Å²) in [5.41, 5.74) is -10.6. The van der Waals surface area contributed by atoms with E-state index in [1.54, 1.807) is 65.8 Å². The van der Waals surface area contributed by atoms with Gasteiger partial charge in [0.05, 0.1) is 38.6 Å². The Balaban J connectivity index is 0.755. The lowest BCUT2D eigenvalue weighted by molar-refractivity contribution is -0.246. The third kappa shape index (κ3) is 8.17. The van der Waals surface area contributed by atoms with Gasteiger partial charge in [-0.3, -0.25) is 19.2 Å². The van der Waals surface area contributed by atoms with Crippen LogP contribution in [0.2, 0.25) is 0 Å². The van der Waals surface area contributed by atoms with E-state index < -0.39 is 141 Å².